The Kier molecular flexibility index (Phi) is 7.67. The zero-order chi connectivity index (χ0) is 24.0. The number of sulfonamides is 1. The van der Waals surface area contributed by atoms with E-state index in [9.17, 15) is 13.2 Å². The van der Waals surface area contributed by atoms with Gasteiger partial charge < -0.3 is 10.1 Å². The molecule has 0 bridgehead atoms. The molecule has 0 saturated heterocycles. The van der Waals surface area contributed by atoms with Crippen LogP contribution in [0, 0.1) is 13.8 Å². The average molecular weight is 484 g/mol. The highest BCUT2D eigenvalue weighted by Gasteiger charge is 2.16. The molecule has 0 saturated carbocycles. The van der Waals surface area contributed by atoms with E-state index in [2.05, 4.69) is 15.4 Å². The maximum absolute atomic E-state index is 12.7. The monoisotopic (exact) mass is 483 g/mol. The highest BCUT2D eigenvalue weighted by molar-refractivity contribution is 7.92. The fraction of sp³-hybridized carbons (Fsp3) is 0.167. The Hall–Kier alpha value is -3.43. The molecule has 1 amide bonds. The number of nitrogens with one attached hydrogen (secondary N) is 3. The molecule has 0 unspecified atom stereocenters. The number of ether oxygens (including phenoxy) is 1. The first kappa shape index (κ1) is 24.2. The van der Waals surface area contributed by atoms with Crippen LogP contribution in [0.5, 0.6) is 5.75 Å². The van der Waals surface area contributed by atoms with Crippen molar-refractivity contribution in [2.75, 3.05) is 16.6 Å². The number of benzene rings is 3. The number of amides is 1. The normalized spacial score (nSPS) is 10.9. The summed E-state index contributed by atoms with van der Waals surface area (Å²) < 4.78 is 33.5. The van der Waals surface area contributed by atoms with Gasteiger partial charge in [0.25, 0.3) is 15.9 Å². The maximum Gasteiger partial charge on any atom is 0.261 e. The quantitative estimate of drug-likeness (QED) is 0.424. The molecular formula is C24H25N3O4S2. The Bertz CT molecular complexity index is 1250. The predicted octanol–water partition coefficient (Wildman–Crippen LogP) is 4.63. The molecule has 3 N–H and O–H groups in total. The van der Waals surface area contributed by atoms with Crippen molar-refractivity contribution < 1.29 is 17.9 Å². The largest absolute Gasteiger partial charge is 0.493 e. The first-order chi connectivity index (χ1) is 15.7. The van der Waals surface area contributed by atoms with Gasteiger partial charge in [0.05, 0.1) is 17.1 Å². The Balaban J connectivity index is 1.65. The van der Waals surface area contributed by atoms with Gasteiger partial charge in [-0.15, -0.1) is 0 Å². The molecule has 3 rings (SSSR count). The van der Waals surface area contributed by atoms with Crippen LogP contribution in [-0.4, -0.2) is 26.0 Å². The summed E-state index contributed by atoms with van der Waals surface area (Å²) in [5.41, 5.74) is 3.33. The van der Waals surface area contributed by atoms with E-state index in [0.717, 1.165) is 11.1 Å². The molecule has 0 aromatic heterocycles. The molecule has 7 nitrogen and oxygen atoms in total. The minimum absolute atomic E-state index is 0.0790. The van der Waals surface area contributed by atoms with Crippen LogP contribution in [0.3, 0.4) is 0 Å². The van der Waals surface area contributed by atoms with E-state index in [1.807, 2.05) is 26.8 Å². The molecule has 0 radical (unpaired) electrons. The highest BCUT2D eigenvalue weighted by Crippen LogP contribution is 2.21. The van der Waals surface area contributed by atoms with Crippen LogP contribution < -0.4 is 20.1 Å². The third kappa shape index (κ3) is 6.53. The number of hydrogen-bond acceptors (Lipinski definition) is 5. The first-order valence-corrected chi connectivity index (χ1v) is 12.1. The molecule has 0 fully saturated rings. The van der Waals surface area contributed by atoms with Crippen molar-refractivity contribution in [1.82, 2.24) is 5.32 Å². The van der Waals surface area contributed by atoms with E-state index in [4.69, 9.17) is 17.0 Å². The summed E-state index contributed by atoms with van der Waals surface area (Å²) in [5.74, 6) is 0.0551. The molecule has 0 aliphatic rings. The molecule has 3 aromatic carbocycles. The minimum atomic E-state index is -3.75. The van der Waals surface area contributed by atoms with Gasteiger partial charge in [-0.05, 0) is 92.6 Å². The number of aryl methyl sites for hydroxylation is 2. The van der Waals surface area contributed by atoms with Crippen LogP contribution in [0.4, 0.5) is 11.4 Å². The SMILES string of the molecule is CCOc1ccccc1C(=O)NC(=S)Nc1ccc(S(=O)(=O)Nc2cc(C)cc(C)c2)cc1. The van der Waals surface area contributed by atoms with Crippen molar-refractivity contribution in [3.8, 4) is 5.75 Å². The van der Waals surface area contributed by atoms with Crippen LogP contribution in [-0.2, 0) is 10.0 Å². The Morgan fingerprint density at radius 3 is 2.21 bits per heavy atom. The number of carbonyl (C=O) groups is 1. The second kappa shape index (κ2) is 10.5. The highest BCUT2D eigenvalue weighted by atomic mass is 32.2. The van der Waals surface area contributed by atoms with Crippen molar-refractivity contribution in [2.45, 2.75) is 25.7 Å². The maximum atomic E-state index is 12.7. The van der Waals surface area contributed by atoms with Gasteiger partial charge >= 0.3 is 0 Å². The summed E-state index contributed by atoms with van der Waals surface area (Å²) in [4.78, 5) is 12.6. The van der Waals surface area contributed by atoms with Crippen molar-refractivity contribution in [1.29, 1.82) is 0 Å². The molecule has 0 atom stereocenters. The zero-order valence-corrected chi connectivity index (χ0v) is 20.1. The van der Waals surface area contributed by atoms with Crippen LogP contribution in [0.2, 0.25) is 0 Å². The number of para-hydroxylation sites is 1. The van der Waals surface area contributed by atoms with Gasteiger partial charge in [-0.25, -0.2) is 8.42 Å². The lowest BCUT2D eigenvalue weighted by molar-refractivity contribution is 0.0974. The summed E-state index contributed by atoms with van der Waals surface area (Å²) in [6.45, 7) is 6.08. The lowest BCUT2D eigenvalue weighted by atomic mass is 10.1. The van der Waals surface area contributed by atoms with Crippen LogP contribution in [0.25, 0.3) is 0 Å². The van der Waals surface area contributed by atoms with Gasteiger partial charge in [-0.2, -0.15) is 0 Å². The molecule has 33 heavy (non-hydrogen) atoms. The van der Waals surface area contributed by atoms with Gasteiger partial charge in [-0.3, -0.25) is 14.8 Å². The smallest absolute Gasteiger partial charge is 0.261 e. The lowest BCUT2D eigenvalue weighted by Crippen LogP contribution is -2.34. The van der Waals surface area contributed by atoms with Crippen molar-refractivity contribution in [3.63, 3.8) is 0 Å². The van der Waals surface area contributed by atoms with E-state index < -0.39 is 15.9 Å². The first-order valence-electron chi connectivity index (χ1n) is 10.2. The molecule has 3 aromatic rings. The summed E-state index contributed by atoms with van der Waals surface area (Å²) in [6, 6.07) is 18.4. The standard InChI is InChI=1S/C24H25N3O4S2/c1-4-31-22-8-6-5-7-21(22)23(28)26-24(32)25-18-9-11-20(12-10-18)33(29,30)27-19-14-16(2)13-17(3)15-19/h5-15,27H,4H2,1-3H3,(H2,25,26,28,32). The van der Waals surface area contributed by atoms with Gasteiger partial charge in [0, 0.05) is 11.4 Å². The van der Waals surface area contributed by atoms with Gasteiger partial charge in [-0.1, -0.05) is 18.2 Å². The Labute approximate surface area is 199 Å². The van der Waals surface area contributed by atoms with E-state index in [-0.39, 0.29) is 10.0 Å². The lowest BCUT2D eigenvalue weighted by Gasteiger charge is -2.13. The van der Waals surface area contributed by atoms with E-state index >= 15 is 0 Å². The number of thiocarbonyl (C=S) groups is 1. The number of hydrogen-bond donors (Lipinski definition) is 3. The molecule has 0 spiro atoms. The van der Waals surface area contributed by atoms with Crippen molar-refractivity contribution >= 4 is 44.6 Å². The molecule has 0 aliphatic heterocycles. The predicted molar refractivity (Wildman–Crippen MR) is 134 cm³/mol. The van der Waals surface area contributed by atoms with Crippen molar-refractivity contribution in [2.24, 2.45) is 0 Å². The van der Waals surface area contributed by atoms with Gasteiger partial charge in [0.15, 0.2) is 5.11 Å². The molecule has 9 heteroatoms. The summed E-state index contributed by atoms with van der Waals surface area (Å²) in [5, 5.41) is 5.56. The molecule has 0 aliphatic carbocycles. The fourth-order valence-electron chi connectivity index (χ4n) is 3.23. The fourth-order valence-corrected chi connectivity index (χ4v) is 4.48. The minimum Gasteiger partial charge on any atom is -0.493 e. The number of carbonyl (C=O) groups excluding carboxylic acids is 1. The molecular weight excluding hydrogens is 458 g/mol. The van der Waals surface area contributed by atoms with Gasteiger partial charge in [0.1, 0.15) is 5.75 Å². The summed E-state index contributed by atoms with van der Waals surface area (Å²) in [7, 11) is -3.75. The molecule has 172 valence electrons. The second-order valence-corrected chi connectivity index (χ2v) is 9.43. The third-order valence-corrected chi connectivity index (χ3v) is 6.16. The Morgan fingerprint density at radius 1 is 0.939 bits per heavy atom. The Morgan fingerprint density at radius 2 is 1.58 bits per heavy atom. The van der Waals surface area contributed by atoms with Crippen molar-refractivity contribution in [3.05, 3.63) is 83.4 Å². The average Bonchev–Trinajstić information content (AvgIpc) is 2.73. The van der Waals surface area contributed by atoms with Crippen LogP contribution >= 0.6 is 12.2 Å². The zero-order valence-electron chi connectivity index (χ0n) is 18.5. The third-order valence-electron chi connectivity index (χ3n) is 4.55. The number of anilines is 2. The van der Waals surface area contributed by atoms with E-state index in [1.165, 1.54) is 12.1 Å². The topological polar surface area (TPSA) is 96.5 Å². The van der Waals surface area contributed by atoms with E-state index in [1.54, 1.807) is 48.5 Å². The van der Waals surface area contributed by atoms with E-state index in [0.29, 0.717) is 29.3 Å². The molecule has 0 heterocycles. The summed E-state index contributed by atoms with van der Waals surface area (Å²) >= 11 is 5.22. The summed E-state index contributed by atoms with van der Waals surface area (Å²) in [6.07, 6.45) is 0. The number of rotatable bonds is 7. The van der Waals surface area contributed by atoms with Gasteiger partial charge in [0.2, 0.25) is 0 Å². The van der Waals surface area contributed by atoms with Crippen LogP contribution in [0.1, 0.15) is 28.4 Å². The van der Waals surface area contributed by atoms with Crippen LogP contribution in [0.15, 0.2) is 71.6 Å². The second-order valence-electron chi connectivity index (χ2n) is 7.34.